The van der Waals surface area contributed by atoms with E-state index in [0.29, 0.717) is 22.7 Å². The quantitative estimate of drug-likeness (QED) is 0.277. The van der Waals surface area contributed by atoms with Crippen LogP contribution in [0.25, 0.3) is 0 Å². The fourth-order valence-electron chi connectivity index (χ4n) is 5.73. The van der Waals surface area contributed by atoms with Crippen LogP contribution in [0.3, 0.4) is 0 Å². The van der Waals surface area contributed by atoms with Gasteiger partial charge < -0.3 is 34.1 Å². The predicted octanol–water partition coefficient (Wildman–Crippen LogP) is 4.13. The molecule has 2 heterocycles. The molecule has 2 unspecified atom stereocenters. The summed E-state index contributed by atoms with van der Waals surface area (Å²) in [6, 6.07) is 12.9. The van der Waals surface area contributed by atoms with Gasteiger partial charge in [-0.1, -0.05) is 6.07 Å². The van der Waals surface area contributed by atoms with Crippen LogP contribution in [0.5, 0.6) is 28.7 Å². The van der Waals surface area contributed by atoms with Crippen molar-refractivity contribution in [3.05, 3.63) is 75.3 Å². The van der Waals surface area contributed by atoms with Gasteiger partial charge in [0.15, 0.2) is 23.0 Å². The number of fused-ring (bicyclic) bond motifs is 3. The summed E-state index contributed by atoms with van der Waals surface area (Å²) in [4.78, 5) is 24.2. The van der Waals surface area contributed by atoms with Gasteiger partial charge in [0.2, 0.25) is 12.5 Å². The van der Waals surface area contributed by atoms with Crippen LogP contribution in [0.15, 0.2) is 48.5 Å². The van der Waals surface area contributed by atoms with Crippen LogP contribution in [0.4, 0.5) is 11.4 Å². The molecule has 11 heteroatoms. The van der Waals surface area contributed by atoms with E-state index >= 15 is 0 Å². The van der Waals surface area contributed by atoms with Crippen molar-refractivity contribution in [2.75, 3.05) is 32.9 Å². The minimum atomic E-state index is -0.599. The van der Waals surface area contributed by atoms with Gasteiger partial charge in [-0.3, -0.25) is 14.9 Å². The Morgan fingerprint density at radius 1 is 1.00 bits per heavy atom. The lowest BCUT2D eigenvalue weighted by Gasteiger charge is -2.40. The number of ether oxygens (including phenoxy) is 5. The van der Waals surface area contributed by atoms with E-state index in [1.165, 1.54) is 26.4 Å². The van der Waals surface area contributed by atoms with Crippen molar-refractivity contribution >= 4 is 17.3 Å². The Hall–Kier alpha value is -4.67. The summed E-state index contributed by atoms with van der Waals surface area (Å²) in [5.41, 5.74) is 2.83. The molecule has 6 rings (SSSR count). The first kappa shape index (κ1) is 23.7. The SMILES string of the molecule is COc1cc(C2c3cc4c(cc3[C@@H](Nc3cccc([N+](=O)[O-])c3)C3COC(=O)[C@H]23)OCO4)cc(OC)c1O. The third-order valence-corrected chi connectivity index (χ3v) is 7.43. The Balaban J connectivity index is 1.54. The zero-order valence-corrected chi connectivity index (χ0v) is 20.5. The summed E-state index contributed by atoms with van der Waals surface area (Å²) >= 11 is 0. The van der Waals surface area contributed by atoms with E-state index in [4.69, 9.17) is 23.7 Å². The number of aromatic hydroxyl groups is 1. The number of esters is 1. The van der Waals surface area contributed by atoms with Crippen molar-refractivity contribution in [3.63, 3.8) is 0 Å². The molecule has 0 amide bonds. The first-order chi connectivity index (χ1) is 18.4. The monoisotopic (exact) mass is 520 g/mol. The number of nitrogens with one attached hydrogen (secondary N) is 1. The number of carbonyl (C=O) groups excluding carboxylic acids is 1. The lowest BCUT2D eigenvalue weighted by atomic mass is 9.65. The molecule has 1 aliphatic carbocycles. The number of nitro groups is 1. The number of methoxy groups -OCH3 is 2. The van der Waals surface area contributed by atoms with Crippen LogP contribution in [-0.2, 0) is 9.53 Å². The van der Waals surface area contributed by atoms with Gasteiger partial charge in [-0.2, -0.15) is 0 Å². The molecule has 2 N–H and O–H groups in total. The number of cyclic esters (lactones) is 1. The Kier molecular flexibility index (Phi) is 5.63. The summed E-state index contributed by atoms with van der Waals surface area (Å²) in [6.45, 7) is 0.231. The molecule has 1 saturated heterocycles. The average molecular weight is 520 g/mol. The number of nitrogens with zero attached hydrogens (tertiary/aromatic N) is 1. The number of nitro benzene ring substituents is 1. The van der Waals surface area contributed by atoms with Gasteiger partial charge in [-0.25, -0.2) is 0 Å². The largest absolute Gasteiger partial charge is 0.502 e. The Morgan fingerprint density at radius 2 is 1.68 bits per heavy atom. The molecular formula is C27H24N2O9. The van der Waals surface area contributed by atoms with Gasteiger partial charge in [-0.15, -0.1) is 0 Å². The van der Waals surface area contributed by atoms with Crippen LogP contribution in [0.2, 0.25) is 0 Å². The number of phenolic OH excluding ortho intramolecular Hbond substituents is 1. The van der Waals surface area contributed by atoms with E-state index in [1.807, 2.05) is 12.1 Å². The molecule has 3 aliphatic rings. The molecule has 1 fully saturated rings. The van der Waals surface area contributed by atoms with Crippen LogP contribution in [-0.4, -0.2) is 43.6 Å². The van der Waals surface area contributed by atoms with Crippen molar-refractivity contribution in [1.82, 2.24) is 0 Å². The zero-order chi connectivity index (χ0) is 26.6. The standard InChI is InChI=1S/C27H24N2O9/c1-34-21-6-13(7-22(35-2)26(21)30)23-16-9-19-20(38-12-37-19)10-17(16)25(18-11-36-27(31)24(18)23)28-14-4-3-5-15(8-14)29(32)33/h3-10,18,23-25,28,30H,11-12H2,1-2H3/t18?,23?,24-,25+/m0/s1. The Morgan fingerprint density at radius 3 is 2.34 bits per heavy atom. The fourth-order valence-corrected chi connectivity index (χ4v) is 5.73. The number of carbonyl (C=O) groups is 1. The van der Waals surface area contributed by atoms with Gasteiger partial charge in [0.1, 0.15) is 0 Å². The molecule has 196 valence electrons. The fraction of sp³-hybridized carbons (Fsp3) is 0.296. The zero-order valence-electron chi connectivity index (χ0n) is 20.5. The minimum Gasteiger partial charge on any atom is -0.502 e. The van der Waals surface area contributed by atoms with Crippen molar-refractivity contribution in [2.45, 2.75) is 12.0 Å². The highest BCUT2D eigenvalue weighted by Gasteiger charge is 2.52. The number of phenols is 1. The highest BCUT2D eigenvalue weighted by molar-refractivity contribution is 5.79. The molecule has 2 aliphatic heterocycles. The summed E-state index contributed by atoms with van der Waals surface area (Å²) in [6.07, 6.45) is 0. The molecule has 0 saturated carbocycles. The van der Waals surface area contributed by atoms with Gasteiger partial charge in [0.25, 0.3) is 5.69 Å². The second-order valence-corrected chi connectivity index (χ2v) is 9.34. The number of rotatable bonds is 6. The normalized spacial score (nSPS) is 22.7. The number of benzene rings is 3. The predicted molar refractivity (Wildman–Crippen MR) is 133 cm³/mol. The van der Waals surface area contributed by atoms with E-state index in [1.54, 1.807) is 24.3 Å². The molecule has 11 nitrogen and oxygen atoms in total. The Bertz CT molecular complexity index is 1430. The molecule has 0 bridgehead atoms. The molecule has 3 aromatic rings. The number of anilines is 1. The summed E-state index contributed by atoms with van der Waals surface area (Å²) in [5, 5.41) is 25.3. The van der Waals surface area contributed by atoms with E-state index in [0.717, 1.165) is 11.1 Å². The number of hydrogen-bond acceptors (Lipinski definition) is 10. The van der Waals surface area contributed by atoms with Crippen LogP contribution in [0, 0.1) is 22.0 Å². The van der Waals surface area contributed by atoms with Gasteiger partial charge in [0, 0.05) is 29.7 Å². The maximum absolute atomic E-state index is 13.2. The van der Waals surface area contributed by atoms with E-state index < -0.39 is 22.8 Å². The third kappa shape index (κ3) is 3.69. The second-order valence-electron chi connectivity index (χ2n) is 9.34. The van der Waals surface area contributed by atoms with Crippen molar-refractivity contribution in [1.29, 1.82) is 0 Å². The first-order valence-electron chi connectivity index (χ1n) is 12.0. The molecule has 0 spiro atoms. The van der Waals surface area contributed by atoms with Crippen LogP contribution < -0.4 is 24.3 Å². The van der Waals surface area contributed by atoms with Crippen LogP contribution in [0.1, 0.15) is 28.7 Å². The maximum Gasteiger partial charge on any atom is 0.310 e. The number of non-ortho nitro benzene ring substituents is 1. The molecule has 0 radical (unpaired) electrons. The molecule has 3 aromatic carbocycles. The first-order valence-corrected chi connectivity index (χ1v) is 12.0. The Labute approximate surface area is 217 Å². The van der Waals surface area contributed by atoms with Crippen molar-refractivity contribution in [2.24, 2.45) is 11.8 Å². The third-order valence-electron chi connectivity index (χ3n) is 7.43. The van der Waals surface area contributed by atoms with Crippen LogP contribution >= 0.6 is 0 Å². The molecule has 4 atom stereocenters. The minimum absolute atomic E-state index is 0.0480. The summed E-state index contributed by atoms with van der Waals surface area (Å²) in [5.74, 6) is -0.364. The lowest BCUT2D eigenvalue weighted by molar-refractivity contribution is -0.384. The van der Waals surface area contributed by atoms with Gasteiger partial charge in [0.05, 0.1) is 37.7 Å². The summed E-state index contributed by atoms with van der Waals surface area (Å²) in [7, 11) is 2.88. The van der Waals surface area contributed by atoms with E-state index in [2.05, 4.69) is 5.32 Å². The highest BCUT2D eigenvalue weighted by atomic mass is 16.7. The molecular weight excluding hydrogens is 496 g/mol. The van der Waals surface area contributed by atoms with E-state index in [-0.39, 0.29) is 48.2 Å². The second kappa shape index (κ2) is 9.02. The average Bonchev–Trinajstić information content (AvgIpc) is 3.54. The highest BCUT2D eigenvalue weighted by Crippen LogP contribution is 2.56. The number of hydrogen-bond donors (Lipinski definition) is 2. The molecule has 38 heavy (non-hydrogen) atoms. The van der Waals surface area contributed by atoms with Gasteiger partial charge >= 0.3 is 5.97 Å². The summed E-state index contributed by atoms with van der Waals surface area (Å²) < 4.78 is 27.7. The lowest BCUT2D eigenvalue weighted by Crippen LogP contribution is -2.37. The maximum atomic E-state index is 13.2. The van der Waals surface area contributed by atoms with Crippen molar-refractivity contribution < 1.29 is 38.5 Å². The topological polar surface area (TPSA) is 139 Å². The van der Waals surface area contributed by atoms with E-state index in [9.17, 15) is 20.0 Å². The van der Waals surface area contributed by atoms with Crippen molar-refractivity contribution in [3.8, 4) is 28.7 Å². The molecule has 0 aromatic heterocycles. The van der Waals surface area contributed by atoms with Gasteiger partial charge in [-0.05, 0) is 47.0 Å². The smallest absolute Gasteiger partial charge is 0.310 e.